The van der Waals surface area contributed by atoms with Gasteiger partial charge in [0, 0.05) is 27.1 Å². The van der Waals surface area contributed by atoms with Gasteiger partial charge in [0.25, 0.3) is 0 Å². The molecule has 17 heavy (non-hydrogen) atoms. The SMILES string of the molecule is CCN1CCC(CNCCCC(=O)N(C)C)C1. The van der Waals surface area contributed by atoms with Crippen LogP contribution in [0.4, 0.5) is 0 Å². The highest BCUT2D eigenvalue weighted by molar-refractivity contribution is 5.75. The third-order valence-electron chi connectivity index (χ3n) is 3.49. The van der Waals surface area contributed by atoms with Gasteiger partial charge >= 0.3 is 0 Å². The largest absolute Gasteiger partial charge is 0.349 e. The standard InChI is InChI=1S/C13H27N3O/c1-4-16-9-7-12(11-16)10-14-8-5-6-13(17)15(2)3/h12,14H,4-11H2,1-3H3. The summed E-state index contributed by atoms with van der Waals surface area (Å²) < 4.78 is 0. The number of rotatable bonds is 7. The molecule has 0 aromatic heterocycles. The molecule has 0 aromatic rings. The third kappa shape index (κ3) is 5.50. The number of amides is 1. The number of hydrogen-bond donors (Lipinski definition) is 1. The van der Waals surface area contributed by atoms with Gasteiger partial charge in [0.1, 0.15) is 0 Å². The van der Waals surface area contributed by atoms with E-state index in [4.69, 9.17) is 0 Å². The Hall–Kier alpha value is -0.610. The van der Waals surface area contributed by atoms with Gasteiger partial charge in [-0.15, -0.1) is 0 Å². The molecule has 0 saturated carbocycles. The second kappa shape index (κ2) is 7.67. The minimum absolute atomic E-state index is 0.227. The van der Waals surface area contributed by atoms with Gasteiger partial charge in [-0.05, 0) is 44.9 Å². The predicted octanol–water partition coefficient (Wildman–Crippen LogP) is 0.786. The highest BCUT2D eigenvalue weighted by atomic mass is 16.2. The zero-order chi connectivity index (χ0) is 12.7. The first-order valence-corrected chi connectivity index (χ1v) is 6.76. The van der Waals surface area contributed by atoms with Crippen molar-refractivity contribution < 1.29 is 4.79 Å². The molecule has 0 aliphatic carbocycles. The highest BCUT2D eigenvalue weighted by Crippen LogP contribution is 2.14. The smallest absolute Gasteiger partial charge is 0.222 e. The summed E-state index contributed by atoms with van der Waals surface area (Å²) in [5.74, 6) is 1.03. The molecular weight excluding hydrogens is 214 g/mol. The Labute approximate surface area is 105 Å². The molecule has 1 heterocycles. The van der Waals surface area contributed by atoms with Crippen LogP contribution in [0, 0.1) is 5.92 Å². The Kier molecular flexibility index (Phi) is 6.52. The Morgan fingerprint density at radius 2 is 2.24 bits per heavy atom. The number of hydrogen-bond acceptors (Lipinski definition) is 3. The van der Waals surface area contributed by atoms with Gasteiger partial charge in [-0.25, -0.2) is 0 Å². The molecule has 1 N–H and O–H groups in total. The maximum atomic E-state index is 11.3. The molecule has 100 valence electrons. The normalized spacial score (nSPS) is 20.8. The molecule has 0 spiro atoms. The molecule has 1 aliphatic rings. The van der Waals surface area contributed by atoms with E-state index in [1.807, 2.05) is 14.1 Å². The number of carbonyl (C=O) groups excluding carboxylic acids is 1. The van der Waals surface area contributed by atoms with E-state index in [0.29, 0.717) is 6.42 Å². The maximum Gasteiger partial charge on any atom is 0.222 e. The van der Waals surface area contributed by atoms with Gasteiger partial charge in [0.2, 0.25) is 5.91 Å². The molecule has 1 aliphatic heterocycles. The van der Waals surface area contributed by atoms with E-state index in [1.54, 1.807) is 4.90 Å². The van der Waals surface area contributed by atoms with Gasteiger partial charge in [-0.2, -0.15) is 0 Å². The van der Waals surface area contributed by atoms with Crippen LogP contribution in [0.3, 0.4) is 0 Å². The fourth-order valence-electron chi connectivity index (χ4n) is 2.26. The van der Waals surface area contributed by atoms with Crippen molar-refractivity contribution in [3.05, 3.63) is 0 Å². The quantitative estimate of drug-likeness (QED) is 0.669. The summed E-state index contributed by atoms with van der Waals surface area (Å²) in [7, 11) is 3.63. The van der Waals surface area contributed by atoms with Crippen LogP contribution < -0.4 is 5.32 Å². The van der Waals surface area contributed by atoms with E-state index in [9.17, 15) is 4.79 Å². The molecule has 1 unspecified atom stereocenters. The van der Waals surface area contributed by atoms with Gasteiger partial charge in [-0.3, -0.25) is 4.79 Å². The van der Waals surface area contributed by atoms with Crippen LogP contribution in [0.25, 0.3) is 0 Å². The molecule has 0 radical (unpaired) electrons. The lowest BCUT2D eigenvalue weighted by molar-refractivity contribution is -0.128. The molecule has 0 bridgehead atoms. The molecular formula is C13H27N3O. The number of carbonyl (C=O) groups is 1. The van der Waals surface area contributed by atoms with Gasteiger partial charge in [0.05, 0.1) is 0 Å². The summed E-state index contributed by atoms with van der Waals surface area (Å²) >= 11 is 0. The van der Waals surface area contributed by atoms with E-state index < -0.39 is 0 Å². The lowest BCUT2D eigenvalue weighted by Crippen LogP contribution is -2.28. The second-order valence-corrected chi connectivity index (χ2v) is 5.14. The van der Waals surface area contributed by atoms with E-state index in [-0.39, 0.29) is 5.91 Å². The van der Waals surface area contributed by atoms with Crippen molar-refractivity contribution in [3.8, 4) is 0 Å². The average molecular weight is 241 g/mol. The molecule has 1 rings (SSSR count). The molecule has 4 heteroatoms. The fraction of sp³-hybridized carbons (Fsp3) is 0.923. The average Bonchev–Trinajstić information content (AvgIpc) is 2.76. The summed E-state index contributed by atoms with van der Waals surface area (Å²) in [6, 6.07) is 0. The van der Waals surface area contributed by atoms with Crippen LogP contribution in [0.1, 0.15) is 26.2 Å². The van der Waals surface area contributed by atoms with Crippen molar-refractivity contribution in [2.24, 2.45) is 5.92 Å². The lowest BCUT2D eigenvalue weighted by atomic mass is 10.1. The first-order chi connectivity index (χ1) is 8.13. The van der Waals surface area contributed by atoms with Crippen molar-refractivity contribution in [1.82, 2.24) is 15.1 Å². The van der Waals surface area contributed by atoms with Crippen molar-refractivity contribution in [2.75, 3.05) is 46.8 Å². The molecule has 4 nitrogen and oxygen atoms in total. The van der Waals surface area contributed by atoms with Gasteiger partial charge < -0.3 is 15.1 Å². The van der Waals surface area contributed by atoms with Crippen molar-refractivity contribution >= 4 is 5.91 Å². The van der Waals surface area contributed by atoms with Gasteiger partial charge in [0.15, 0.2) is 0 Å². The maximum absolute atomic E-state index is 11.3. The molecule has 1 saturated heterocycles. The monoisotopic (exact) mass is 241 g/mol. The molecule has 0 aromatic carbocycles. The number of nitrogens with zero attached hydrogens (tertiary/aromatic N) is 2. The Balaban J connectivity index is 1.96. The summed E-state index contributed by atoms with van der Waals surface area (Å²) in [5.41, 5.74) is 0. The summed E-state index contributed by atoms with van der Waals surface area (Å²) in [5, 5.41) is 3.47. The Morgan fingerprint density at radius 1 is 1.47 bits per heavy atom. The van der Waals surface area contributed by atoms with Crippen molar-refractivity contribution in [2.45, 2.75) is 26.2 Å². The zero-order valence-corrected chi connectivity index (χ0v) is 11.5. The molecule has 1 amide bonds. The van der Waals surface area contributed by atoms with Crippen LogP contribution in [0.15, 0.2) is 0 Å². The van der Waals surface area contributed by atoms with E-state index >= 15 is 0 Å². The van der Waals surface area contributed by atoms with Gasteiger partial charge in [-0.1, -0.05) is 6.92 Å². The summed E-state index contributed by atoms with van der Waals surface area (Å²) in [4.78, 5) is 15.5. The van der Waals surface area contributed by atoms with E-state index in [0.717, 1.165) is 25.4 Å². The van der Waals surface area contributed by atoms with Crippen LogP contribution >= 0.6 is 0 Å². The lowest BCUT2D eigenvalue weighted by Gasteiger charge is -2.14. The molecule has 1 fully saturated rings. The Morgan fingerprint density at radius 3 is 2.82 bits per heavy atom. The predicted molar refractivity (Wildman–Crippen MR) is 71.0 cm³/mol. The minimum atomic E-state index is 0.227. The first-order valence-electron chi connectivity index (χ1n) is 6.76. The Bertz CT molecular complexity index is 231. The number of likely N-dealkylation sites (tertiary alicyclic amines) is 1. The van der Waals surface area contributed by atoms with Crippen molar-refractivity contribution in [1.29, 1.82) is 0 Å². The number of nitrogens with one attached hydrogen (secondary N) is 1. The van der Waals surface area contributed by atoms with E-state index in [1.165, 1.54) is 26.1 Å². The van der Waals surface area contributed by atoms with Crippen LogP contribution in [0.2, 0.25) is 0 Å². The second-order valence-electron chi connectivity index (χ2n) is 5.14. The third-order valence-corrected chi connectivity index (χ3v) is 3.49. The van der Waals surface area contributed by atoms with Crippen molar-refractivity contribution in [3.63, 3.8) is 0 Å². The van der Waals surface area contributed by atoms with Crippen LogP contribution in [0.5, 0.6) is 0 Å². The molecule has 1 atom stereocenters. The fourth-order valence-corrected chi connectivity index (χ4v) is 2.26. The summed E-state index contributed by atoms with van der Waals surface area (Å²) in [6.45, 7) is 7.95. The minimum Gasteiger partial charge on any atom is -0.349 e. The van der Waals surface area contributed by atoms with Crippen LogP contribution in [-0.4, -0.2) is 62.5 Å². The highest BCUT2D eigenvalue weighted by Gasteiger charge is 2.20. The summed E-state index contributed by atoms with van der Waals surface area (Å²) in [6.07, 6.45) is 2.92. The topological polar surface area (TPSA) is 35.6 Å². The zero-order valence-electron chi connectivity index (χ0n) is 11.5. The van der Waals surface area contributed by atoms with E-state index in [2.05, 4.69) is 17.1 Å². The van der Waals surface area contributed by atoms with Crippen LogP contribution in [-0.2, 0) is 4.79 Å². The first kappa shape index (κ1) is 14.5.